The Hall–Kier alpha value is -8.37. The number of ether oxygens (including phenoxy) is 1. The fraction of sp³-hybridized carbons (Fsp3) is 0.654. The van der Waals surface area contributed by atoms with Crippen LogP contribution in [0.15, 0.2) is 110 Å². The number of aromatic nitrogens is 10. The van der Waals surface area contributed by atoms with Crippen LogP contribution in [0.2, 0.25) is 0 Å². The number of likely N-dealkylation sites (tertiary alicyclic amines) is 2. The summed E-state index contributed by atoms with van der Waals surface area (Å²) in [6.45, 7) is 93.8. The third-order valence-electron chi connectivity index (χ3n) is 30.3. The van der Waals surface area contributed by atoms with Gasteiger partial charge < -0.3 is 43.9 Å². The van der Waals surface area contributed by atoms with Crippen LogP contribution in [0.1, 0.15) is 527 Å². The first-order valence-electron chi connectivity index (χ1n) is 58.1. The summed E-state index contributed by atoms with van der Waals surface area (Å²) in [7, 11) is 17.3. The Labute approximate surface area is 910 Å². The van der Waals surface area contributed by atoms with E-state index in [1.165, 1.54) is 192 Å². The molecule has 0 saturated carbocycles. The lowest BCUT2D eigenvalue weighted by atomic mass is 9.88. The topological polar surface area (TPSA) is 156 Å². The number of hydrogen-bond donors (Lipinski definition) is 0. The molecule has 0 amide bonds. The second kappa shape index (κ2) is 60.5. The molecule has 0 radical (unpaired) electrons. The van der Waals surface area contributed by atoms with E-state index in [9.17, 15) is 0 Å². The highest BCUT2D eigenvalue weighted by Crippen LogP contribution is 2.40. The van der Waals surface area contributed by atoms with Crippen LogP contribution in [0.25, 0.3) is 5.57 Å². The van der Waals surface area contributed by atoms with Crippen molar-refractivity contribution >= 4 is 11.3 Å². The van der Waals surface area contributed by atoms with Crippen molar-refractivity contribution in [2.45, 2.75) is 419 Å². The molecule has 0 N–H and O–H groups in total. The fourth-order valence-corrected chi connectivity index (χ4v) is 21.3. The highest BCUT2D eigenvalue weighted by Gasteiger charge is 2.31. The lowest BCUT2D eigenvalue weighted by Crippen LogP contribution is -2.44. The Morgan fingerprint density at radius 3 is 1.28 bits per heavy atom. The molecule has 4 saturated heterocycles. The van der Waals surface area contributed by atoms with E-state index in [0.717, 1.165) is 110 Å². The first-order valence-corrected chi connectivity index (χ1v) is 58.1. The number of piperazine rings is 1. The van der Waals surface area contributed by atoms with Gasteiger partial charge in [0.25, 0.3) is 0 Å². The molecule has 9 aromatic rings. The van der Waals surface area contributed by atoms with E-state index < -0.39 is 0 Å². The maximum absolute atomic E-state index is 5.67. The third kappa shape index (κ3) is 37.5. The quantitative estimate of drug-likeness (QED) is 0.0562. The summed E-state index contributed by atoms with van der Waals surface area (Å²) >= 11 is 0. The van der Waals surface area contributed by atoms with Crippen LogP contribution in [-0.2, 0) is 37.2 Å². The van der Waals surface area contributed by atoms with Gasteiger partial charge in [-0.2, -0.15) is 5.10 Å². The van der Waals surface area contributed by atoms with Crippen molar-refractivity contribution in [1.82, 2.24) is 84.0 Å². The number of piperidine rings is 1. The van der Waals surface area contributed by atoms with Gasteiger partial charge in [0.1, 0.15) is 0 Å². The second-order valence-corrected chi connectivity index (χ2v) is 49.8. The Morgan fingerprint density at radius 1 is 0.349 bits per heavy atom. The maximum atomic E-state index is 5.67. The van der Waals surface area contributed by atoms with Crippen molar-refractivity contribution in [3.8, 4) is 0 Å². The largest absolute Gasteiger partial charge is 0.372 e. The van der Waals surface area contributed by atoms with E-state index in [2.05, 4.69) is 430 Å². The zero-order valence-electron chi connectivity index (χ0n) is 102. The number of fused-ring (bicyclic) bond motifs is 2. The number of pyridine rings is 8. The van der Waals surface area contributed by atoms with Crippen molar-refractivity contribution in [3.63, 3.8) is 0 Å². The predicted octanol–water partition coefficient (Wildman–Crippen LogP) is 30.3. The van der Waals surface area contributed by atoms with Gasteiger partial charge in [-0.15, -0.1) is 0 Å². The Bertz CT molecular complexity index is 5390. The molecule has 4 fully saturated rings. The van der Waals surface area contributed by atoms with Gasteiger partial charge in [-0.25, -0.2) is 0 Å². The zero-order valence-corrected chi connectivity index (χ0v) is 102. The fourth-order valence-electron chi connectivity index (χ4n) is 21.3. The first kappa shape index (κ1) is 126. The number of anilines is 1. The molecule has 7 aliphatic heterocycles. The monoisotopic (exact) mass is 2040 g/mol. The van der Waals surface area contributed by atoms with Gasteiger partial charge in [-0.05, 0) is 316 Å². The van der Waals surface area contributed by atoms with E-state index in [0.29, 0.717) is 113 Å². The molecule has 16 rings (SSSR count). The van der Waals surface area contributed by atoms with Gasteiger partial charge in [0.05, 0.1) is 41.6 Å². The van der Waals surface area contributed by atoms with Crippen LogP contribution in [0.5, 0.6) is 0 Å². The van der Waals surface area contributed by atoms with Crippen molar-refractivity contribution in [2.75, 3.05) is 146 Å². The minimum Gasteiger partial charge on any atom is -0.372 e. The summed E-state index contributed by atoms with van der Waals surface area (Å²) < 4.78 is 7.99. The summed E-state index contributed by atoms with van der Waals surface area (Å²) in [5.41, 5.74) is 36.5. The van der Waals surface area contributed by atoms with E-state index in [1.54, 1.807) is 0 Å². The number of hydrogen-bond acceptors (Lipinski definition) is 18. The van der Waals surface area contributed by atoms with Crippen molar-refractivity contribution < 1.29 is 4.74 Å². The molecular weight excluding hydrogens is 1830 g/mol. The van der Waals surface area contributed by atoms with E-state index in [4.69, 9.17) is 34.8 Å². The Kier molecular flexibility index (Phi) is 51.1. The Balaban J connectivity index is 0.000000205. The van der Waals surface area contributed by atoms with E-state index in [-0.39, 0.29) is 6.10 Å². The van der Waals surface area contributed by atoms with Crippen LogP contribution >= 0.6 is 0 Å². The zero-order chi connectivity index (χ0) is 110. The summed E-state index contributed by atoms with van der Waals surface area (Å²) in [6.07, 6.45) is 24.8. The molecule has 7 aliphatic rings. The summed E-state index contributed by atoms with van der Waals surface area (Å²) in [4.78, 5) is 56.4. The average molecular weight is 2040 g/mol. The molecule has 0 aliphatic carbocycles. The van der Waals surface area contributed by atoms with Gasteiger partial charge in [0, 0.05) is 186 Å². The standard InChI is InChI=1S/C17H26N2.C16H27N3.C15H27N3.3C15H24N2.C14H24N2.C12H17NO.C11H17N/c1-12(2)16-10-15(11-18-17(16)13(3)4)14-6-8-19(5)9-7-14;1-12(2)15-10-14(11-17-16(15)13(3)4)19-8-6-18(5)7-9-19;1-11(2)14-10-16-18(15(14)12(3)4)13-6-8-17(5)9-7-13;1-10(2)14-6-12(13-8-17(5)9-13)7-16-15(14)11(3)4;1-10(2)13-8-12-9-17(5)7-6-14(12)16-15(13)11(3)4;1-10(2)13-8-12-6-7-17(5)9-14(12)16-15(13)11(3)4;1-10(2)13-7-12(9-16(5)6)8-15-14(13)11(3)4;1-9(2)10-5-3-7-13-12(10)11-6-4-8-14-11;1-8(2)10-6-5-7-12-11(10)9(3)4/h6,10-13H,7-9H2,1-5H3;10-13H,6-9H2,1-5H3;10-13H,6-9H2,1-5H3;6-7,10-11,13H,8-9H2,1-5H3;2*8,10-11H,6-7,9H2,1-5H3;7-8,10-11H,9H2,1-6H3;3,5,7,9,11H,4,6,8H2,1-2H3;5-9H,1-4H3. The molecular formula is C130H210N18O. The first-order chi connectivity index (χ1) is 70.3. The molecule has 1 atom stereocenters. The Morgan fingerprint density at radius 2 is 0.792 bits per heavy atom. The smallest absolute Gasteiger partial charge is 0.0998 e. The van der Waals surface area contributed by atoms with Crippen LogP contribution in [0.4, 0.5) is 5.69 Å². The summed E-state index contributed by atoms with van der Waals surface area (Å²) in [6, 6.07) is 23.2. The van der Waals surface area contributed by atoms with Crippen LogP contribution in [-0.4, -0.2) is 225 Å². The van der Waals surface area contributed by atoms with Gasteiger partial charge in [0.15, 0.2) is 0 Å². The molecule has 0 aromatic carbocycles. The van der Waals surface area contributed by atoms with Crippen molar-refractivity contribution in [3.05, 3.63) is 251 Å². The van der Waals surface area contributed by atoms with Gasteiger partial charge >= 0.3 is 0 Å². The number of rotatable bonds is 24. The number of nitrogens with zero attached hydrogens (tertiary/aromatic N) is 18. The minimum absolute atomic E-state index is 0.244. The average Bonchev–Trinajstić information content (AvgIpc) is 1.78. The SMILES string of the molecule is CC(C)c1cc(C2=CCN(C)CC2)cnc1C(C)C.CC(C)c1cc(C2CN(C)C2)cnc1C(C)C.CC(C)c1cc(CN(C)C)cnc1C(C)C.CC(C)c1cc(N2CCN(C)CC2)cnc1C(C)C.CC(C)c1cc2c(nc1C(C)C)CCN(C)C2.CC(C)c1cc2c(nc1C(C)C)CN(C)CC2.CC(C)c1cccnc1C(C)C.CC(C)c1cccnc1C1CCCO1.CC(C)c1cnn(C2CCN(C)CC2)c1C(C)C. The molecule has 19 heteroatoms. The second-order valence-electron chi connectivity index (χ2n) is 49.8. The molecule has 1 unspecified atom stereocenters. The van der Waals surface area contributed by atoms with Crippen LogP contribution < -0.4 is 4.90 Å². The molecule has 149 heavy (non-hydrogen) atoms. The van der Waals surface area contributed by atoms with Crippen LogP contribution in [0.3, 0.4) is 0 Å². The molecule has 16 heterocycles. The highest BCUT2D eigenvalue weighted by molar-refractivity contribution is 5.67. The normalized spacial score (nSPS) is 16.8. The van der Waals surface area contributed by atoms with Gasteiger partial charge in [-0.1, -0.05) is 278 Å². The predicted molar refractivity (Wildman–Crippen MR) is 637 cm³/mol. The van der Waals surface area contributed by atoms with Crippen LogP contribution in [0, 0.1) is 0 Å². The number of likely N-dealkylation sites (N-methyl/N-ethyl adjacent to an activating group) is 5. The molecule has 0 spiro atoms. The molecule has 9 aromatic heterocycles. The van der Waals surface area contributed by atoms with E-state index in [1.807, 2.05) is 30.7 Å². The van der Waals surface area contributed by atoms with Gasteiger partial charge in [-0.3, -0.25) is 44.6 Å². The lowest BCUT2D eigenvalue weighted by molar-refractivity contribution is 0.107. The third-order valence-corrected chi connectivity index (χ3v) is 30.3. The van der Waals surface area contributed by atoms with Crippen molar-refractivity contribution in [1.29, 1.82) is 0 Å². The lowest BCUT2D eigenvalue weighted by Gasteiger charge is -2.36. The molecule has 19 nitrogen and oxygen atoms in total. The van der Waals surface area contributed by atoms with Gasteiger partial charge in [0.2, 0.25) is 0 Å². The molecule has 0 bridgehead atoms. The van der Waals surface area contributed by atoms with Crippen molar-refractivity contribution in [2.24, 2.45) is 0 Å². The summed E-state index contributed by atoms with van der Waals surface area (Å²) in [5, 5.41) is 4.71. The maximum Gasteiger partial charge on any atom is 0.0998 e. The summed E-state index contributed by atoms with van der Waals surface area (Å²) in [5.74, 6) is 9.87. The minimum atomic E-state index is 0.244. The molecule has 826 valence electrons. The van der Waals surface area contributed by atoms with E-state index >= 15 is 0 Å². The highest BCUT2D eigenvalue weighted by atomic mass is 16.5.